The van der Waals surface area contributed by atoms with Crippen LogP contribution < -0.4 is 43.3 Å². The smallest absolute Gasteiger partial charge is 0.257 e. The molecule has 1 heterocycles. The van der Waals surface area contributed by atoms with Gasteiger partial charge in [0.15, 0.2) is 19.0 Å². The topological polar surface area (TPSA) is 51.4 Å². The molecule has 5 nitrogen and oxygen atoms in total. The average molecular weight is 589 g/mol. The lowest BCUT2D eigenvalue weighted by Gasteiger charge is -2.11. The van der Waals surface area contributed by atoms with Gasteiger partial charge in [-0.2, -0.15) is 0 Å². The number of pyridine rings is 1. The maximum atomic E-state index is 12.0. The number of benzene rings is 1. The lowest BCUT2D eigenvalue weighted by atomic mass is 10.1. The number of aryl methyl sites for hydroxylation is 1. The quantitative estimate of drug-likeness (QED) is 0.186. The third-order valence-corrected chi connectivity index (χ3v) is 5.56. The molecule has 0 unspecified atom stereocenters. The molecule has 1 aromatic heterocycles. The summed E-state index contributed by atoms with van der Waals surface area (Å²) in [6, 6.07) is 9.36. The monoisotopic (exact) mass is 588 g/mol. The predicted octanol–water partition coefficient (Wildman–Crippen LogP) is 2.43. The Hall–Kier alpha value is -1.54. The van der Waals surface area contributed by atoms with E-state index in [1.165, 1.54) is 50.5 Å². The molecule has 0 fully saturated rings. The first-order valence-electron chi connectivity index (χ1n) is 11.8. The van der Waals surface area contributed by atoms with Gasteiger partial charge in [-0.15, -0.1) is 0 Å². The molecule has 0 saturated carbocycles. The van der Waals surface area contributed by atoms with Gasteiger partial charge in [0.05, 0.1) is 11.6 Å². The van der Waals surface area contributed by atoms with E-state index < -0.39 is 0 Å². The van der Waals surface area contributed by atoms with E-state index in [1.54, 1.807) is 12.1 Å². The normalized spacial score (nSPS) is 10.4. The van der Waals surface area contributed by atoms with Crippen molar-refractivity contribution < 1.29 is 42.8 Å². The molecule has 1 aromatic carbocycles. The first kappa shape index (κ1) is 29.5. The molecule has 2 rings (SSSR count). The highest BCUT2D eigenvalue weighted by Gasteiger charge is 2.08. The Morgan fingerprint density at radius 1 is 1.03 bits per heavy atom. The van der Waals surface area contributed by atoms with Crippen LogP contribution in [0.15, 0.2) is 42.7 Å². The minimum Gasteiger partial charge on any atom is -1.00 e. The molecule has 0 atom stereocenters. The summed E-state index contributed by atoms with van der Waals surface area (Å²) in [6.45, 7) is 3.42. The molecule has 0 aliphatic carbocycles. The second kappa shape index (κ2) is 17.9. The second-order valence-corrected chi connectivity index (χ2v) is 8.59. The molecule has 33 heavy (non-hydrogen) atoms. The van der Waals surface area contributed by atoms with Crippen molar-refractivity contribution in [3.8, 4) is 11.5 Å². The summed E-state index contributed by atoms with van der Waals surface area (Å²) in [5, 5.41) is 3.32. The number of hydrogen-bond acceptors (Lipinski definition) is 3. The SMILES string of the molecule is CCCCCCCCCCOc1ccc(OCC(=O)NCCc2ccc[n+](C)c2)c(Cl)c1.[I-]. The summed E-state index contributed by atoms with van der Waals surface area (Å²) < 4.78 is 13.4. The molecule has 0 bridgehead atoms. The molecule has 0 saturated heterocycles. The number of carbonyl (C=O) groups excluding carboxylic acids is 1. The molecule has 7 heteroatoms. The van der Waals surface area contributed by atoms with Gasteiger partial charge in [-0.05, 0) is 31.0 Å². The largest absolute Gasteiger partial charge is 1.00 e. The highest BCUT2D eigenvalue weighted by molar-refractivity contribution is 6.32. The Labute approximate surface area is 221 Å². The van der Waals surface area contributed by atoms with Crippen LogP contribution in [0.1, 0.15) is 63.9 Å². The third kappa shape index (κ3) is 13.1. The molecule has 184 valence electrons. The molecule has 2 aromatic rings. The Morgan fingerprint density at radius 2 is 1.76 bits per heavy atom. The van der Waals surface area contributed by atoms with Crippen molar-refractivity contribution in [2.45, 2.75) is 64.7 Å². The van der Waals surface area contributed by atoms with E-state index in [4.69, 9.17) is 21.1 Å². The zero-order valence-corrected chi connectivity index (χ0v) is 22.9. The number of aromatic nitrogens is 1. The van der Waals surface area contributed by atoms with Gasteiger partial charge in [0.2, 0.25) is 0 Å². The maximum Gasteiger partial charge on any atom is 0.257 e. The van der Waals surface area contributed by atoms with Crippen LogP contribution in [-0.4, -0.2) is 25.7 Å². The van der Waals surface area contributed by atoms with E-state index in [1.807, 2.05) is 42.2 Å². The van der Waals surface area contributed by atoms with Crippen LogP contribution in [0.5, 0.6) is 11.5 Å². The molecular weight excluding hydrogens is 551 g/mol. The number of hydrogen-bond donors (Lipinski definition) is 1. The third-order valence-electron chi connectivity index (χ3n) is 5.27. The van der Waals surface area contributed by atoms with E-state index >= 15 is 0 Å². The van der Waals surface area contributed by atoms with E-state index in [0.29, 0.717) is 23.9 Å². The summed E-state index contributed by atoms with van der Waals surface area (Å²) in [7, 11) is 1.98. The number of rotatable bonds is 16. The van der Waals surface area contributed by atoms with Crippen molar-refractivity contribution in [1.29, 1.82) is 0 Å². The molecular formula is C26H38ClIN2O3. The van der Waals surface area contributed by atoms with Crippen molar-refractivity contribution in [2.24, 2.45) is 7.05 Å². The number of carbonyl (C=O) groups is 1. The van der Waals surface area contributed by atoms with Crippen molar-refractivity contribution in [1.82, 2.24) is 5.32 Å². The molecule has 0 spiro atoms. The van der Waals surface area contributed by atoms with Crippen molar-refractivity contribution in [3.63, 3.8) is 0 Å². The summed E-state index contributed by atoms with van der Waals surface area (Å²) in [6.07, 6.45) is 15.0. The number of nitrogens with zero attached hydrogens (tertiary/aromatic N) is 1. The van der Waals surface area contributed by atoms with Crippen LogP contribution in [-0.2, 0) is 18.3 Å². The van der Waals surface area contributed by atoms with E-state index in [-0.39, 0.29) is 36.5 Å². The van der Waals surface area contributed by atoms with Gasteiger partial charge in [0.1, 0.15) is 18.5 Å². The van der Waals surface area contributed by atoms with Gasteiger partial charge in [0.25, 0.3) is 5.91 Å². The van der Waals surface area contributed by atoms with Crippen LogP contribution in [0.25, 0.3) is 0 Å². The lowest BCUT2D eigenvalue weighted by Crippen LogP contribution is -3.00. The van der Waals surface area contributed by atoms with E-state index in [9.17, 15) is 4.79 Å². The first-order valence-corrected chi connectivity index (χ1v) is 12.2. The predicted molar refractivity (Wildman–Crippen MR) is 129 cm³/mol. The second-order valence-electron chi connectivity index (χ2n) is 8.18. The molecule has 1 N–H and O–H groups in total. The highest BCUT2D eigenvalue weighted by atomic mass is 127. The Kier molecular flexibility index (Phi) is 16.0. The summed E-state index contributed by atoms with van der Waals surface area (Å²) >= 11 is 6.30. The first-order chi connectivity index (χ1) is 15.6. The number of unbranched alkanes of at least 4 members (excludes halogenated alkanes) is 7. The minimum absolute atomic E-state index is 0. The Morgan fingerprint density at radius 3 is 2.45 bits per heavy atom. The summed E-state index contributed by atoms with van der Waals surface area (Å²) in [5.41, 5.74) is 1.17. The maximum absolute atomic E-state index is 12.0. The highest BCUT2D eigenvalue weighted by Crippen LogP contribution is 2.29. The Balaban J connectivity index is 0.00000544. The summed E-state index contributed by atoms with van der Waals surface area (Å²) in [4.78, 5) is 12.0. The molecule has 1 amide bonds. The van der Waals surface area contributed by atoms with Crippen LogP contribution in [0.3, 0.4) is 0 Å². The van der Waals surface area contributed by atoms with Gasteiger partial charge in [-0.25, -0.2) is 4.57 Å². The van der Waals surface area contributed by atoms with Crippen molar-refractivity contribution >= 4 is 17.5 Å². The zero-order chi connectivity index (χ0) is 23.0. The van der Waals surface area contributed by atoms with Gasteiger partial charge in [-0.3, -0.25) is 4.79 Å². The standard InChI is InChI=1S/C26H37ClN2O3.HI/c1-3-4-5-6-7-8-9-10-18-31-23-13-14-25(24(27)19-23)32-21-26(30)28-16-15-22-12-11-17-29(2)20-22;/h11-14,17,19-20H,3-10,15-16,18,21H2,1-2H3;1H. The number of ether oxygens (including phenoxy) is 2. The van der Waals surface area contributed by atoms with Gasteiger partial charge >= 0.3 is 0 Å². The number of amides is 1. The van der Waals surface area contributed by atoms with Crippen LogP contribution in [0.4, 0.5) is 0 Å². The Bertz CT molecular complexity index is 820. The van der Waals surface area contributed by atoms with Crippen LogP contribution >= 0.6 is 11.6 Å². The lowest BCUT2D eigenvalue weighted by molar-refractivity contribution is -0.671. The minimum atomic E-state index is -0.170. The van der Waals surface area contributed by atoms with E-state index in [0.717, 1.165) is 18.6 Å². The van der Waals surface area contributed by atoms with Crippen molar-refractivity contribution in [3.05, 3.63) is 53.3 Å². The molecule has 0 aliphatic rings. The van der Waals surface area contributed by atoms with E-state index in [2.05, 4.69) is 12.2 Å². The van der Waals surface area contributed by atoms with Crippen LogP contribution in [0, 0.1) is 0 Å². The molecule has 0 aliphatic heterocycles. The fourth-order valence-electron chi connectivity index (χ4n) is 3.45. The van der Waals surface area contributed by atoms with Gasteiger partial charge in [0, 0.05) is 24.2 Å². The average Bonchev–Trinajstić information content (AvgIpc) is 2.77. The zero-order valence-electron chi connectivity index (χ0n) is 20.0. The van der Waals surface area contributed by atoms with Crippen LogP contribution in [0.2, 0.25) is 5.02 Å². The summed E-state index contributed by atoms with van der Waals surface area (Å²) in [5.74, 6) is 1.04. The molecule has 0 radical (unpaired) electrons. The number of halogens is 2. The van der Waals surface area contributed by atoms with Crippen molar-refractivity contribution in [2.75, 3.05) is 19.8 Å². The van der Waals surface area contributed by atoms with Gasteiger partial charge < -0.3 is 38.8 Å². The van der Waals surface area contributed by atoms with Gasteiger partial charge in [-0.1, -0.05) is 63.5 Å². The number of nitrogens with one attached hydrogen (secondary N) is 1. The fourth-order valence-corrected chi connectivity index (χ4v) is 3.68. The fraction of sp³-hybridized carbons (Fsp3) is 0.538.